The molecular weight excluding hydrogens is 295 g/mol. The third-order valence-electron chi connectivity index (χ3n) is 3.01. The average Bonchev–Trinajstić information content (AvgIpc) is 2.27. The Morgan fingerprint density at radius 1 is 1.07 bits per heavy atom. The minimum absolute atomic E-state index is 0.661. The molecule has 0 bridgehead atoms. The van der Waals surface area contributed by atoms with Gasteiger partial charge in [0.1, 0.15) is 0 Å². The Hall–Kier alpha value is -0.570. The van der Waals surface area contributed by atoms with Crippen LogP contribution in [-0.2, 0) is 0 Å². The van der Waals surface area contributed by atoms with Crippen LogP contribution in [0.5, 0.6) is 0 Å². The summed E-state index contributed by atoms with van der Waals surface area (Å²) in [5.74, 6) is 0.661. The largest absolute Gasteiger partial charge is 0.0648 e. The molecule has 0 aromatic heterocycles. The van der Waals surface area contributed by atoms with Crippen LogP contribution in [0.25, 0.3) is 10.8 Å². The Bertz CT molecular complexity index is 474. The lowest BCUT2D eigenvalue weighted by Gasteiger charge is -2.10. The molecule has 0 heterocycles. The molecule has 0 fully saturated rings. The highest BCUT2D eigenvalue weighted by Gasteiger charge is 2.03. The summed E-state index contributed by atoms with van der Waals surface area (Å²) >= 11 is 2.36. The third-order valence-corrected chi connectivity index (χ3v) is 3.68. The van der Waals surface area contributed by atoms with Crippen LogP contribution in [0, 0.1) is 3.57 Å². The van der Waals surface area contributed by atoms with Gasteiger partial charge in [-0.3, -0.25) is 0 Å². The Labute approximate surface area is 105 Å². The molecule has 1 unspecified atom stereocenters. The van der Waals surface area contributed by atoms with Gasteiger partial charge in [-0.25, -0.2) is 0 Å². The van der Waals surface area contributed by atoms with Crippen LogP contribution in [0.4, 0.5) is 0 Å². The van der Waals surface area contributed by atoms with Crippen LogP contribution in [0.15, 0.2) is 36.4 Å². The molecule has 0 amide bonds. The van der Waals surface area contributed by atoms with Crippen molar-refractivity contribution >= 4 is 33.4 Å². The summed E-state index contributed by atoms with van der Waals surface area (Å²) in [6.07, 6.45) is 1.20. The van der Waals surface area contributed by atoms with Crippen LogP contribution in [-0.4, -0.2) is 0 Å². The number of halogens is 1. The van der Waals surface area contributed by atoms with Crippen molar-refractivity contribution in [3.05, 3.63) is 45.5 Å². The molecule has 1 atom stereocenters. The Morgan fingerprint density at radius 2 is 1.73 bits per heavy atom. The Morgan fingerprint density at radius 3 is 2.47 bits per heavy atom. The van der Waals surface area contributed by atoms with E-state index in [-0.39, 0.29) is 0 Å². The van der Waals surface area contributed by atoms with Gasteiger partial charge in [-0.15, -0.1) is 0 Å². The Balaban J connectivity index is 2.52. The molecule has 15 heavy (non-hydrogen) atoms. The molecular formula is C14H15I. The summed E-state index contributed by atoms with van der Waals surface area (Å²) in [5, 5.41) is 2.70. The summed E-state index contributed by atoms with van der Waals surface area (Å²) in [5.41, 5.74) is 1.45. The first-order valence-corrected chi connectivity index (χ1v) is 6.48. The van der Waals surface area contributed by atoms with E-state index in [2.05, 4.69) is 72.8 Å². The van der Waals surface area contributed by atoms with E-state index in [0.29, 0.717) is 5.92 Å². The van der Waals surface area contributed by atoms with Crippen molar-refractivity contribution in [1.29, 1.82) is 0 Å². The maximum Gasteiger partial charge on any atom is 0.0136 e. The fraction of sp³-hybridized carbons (Fsp3) is 0.286. The smallest absolute Gasteiger partial charge is 0.0136 e. The first kappa shape index (κ1) is 10.9. The summed E-state index contributed by atoms with van der Waals surface area (Å²) in [6, 6.07) is 13.4. The van der Waals surface area contributed by atoms with Gasteiger partial charge in [0.25, 0.3) is 0 Å². The lowest BCUT2D eigenvalue weighted by Crippen LogP contribution is -1.90. The van der Waals surface area contributed by atoms with E-state index in [9.17, 15) is 0 Å². The highest BCUT2D eigenvalue weighted by atomic mass is 127. The number of rotatable bonds is 2. The van der Waals surface area contributed by atoms with Crippen LogP contribution in [0.2, 0.25) is 0 Å². The van der Waals surface area contributed by atoms with Gasteiger partial charge in [-0.2, -0.15) is 0 Å². The molecule has 2 rings (SSSR count). The fourth-order valence-corrected chi connectivity index (χ4v) is 2.29. The minimum atomic E-state index is 0.661. The maximum absolute atomic E-state index is 2.36. The van der Waals surface area contributed by atoms with Crippen molar-refractivity contribution in [1.82, 2.24) is 0 Å². The summed E-state index contributed by atoms with van der Waals surface area (Å²) in [4.78, 5) is 0. The molecule has 0 saturated heterocycles. The van der Waals surface area contributed by atoms with Crippen molar-refractivity contribution in [2.24, 2.45) is 0 Å². The lowest BCUT2D eigenvalue weighted by molar-refractivity contribution is 0.735. The molecule has 0 nitrogen and oxygen atoms in total. The summed E-state index contributed by atoms with van der Waals surface area (Å²) in [7, 11) is 0. The second-order valence-corrected chi connectivity index (χ2v) is 5.31. The molecule has 0 aliphatic rings. The lowest BCUT2D eigenvalue weighted by atomic mass is 9.96. The standard InChI is InChI=1S/C14H15I/c1-3-10(2)11-4-5-13-9-14(15)7-6-12(13)8-11/h4-10H,3H2,1-2H3. The van der Waals surface area contributed by atoms with E-state index in [1.54, 1.807) is 0 Å². The molecule has 0 radical (unpaired) electrons. The van der Waals surface area contributed by atoms with Crippen LogP contribution >= 0.6 is 22.6 Å². The van der Waals surface area contributed by atoms with Gasteiger partial charge in [0.15, 0.2) is 0 Å². The van der Waals surface area contributed by atoms with Crippen LogP contribution < -0.4 is 0 Å². The highest BCUT2D eigenvalue weighted by Crippen LogP contribution is 2.24. The van der Waals surface area contributed by atoms with E-state index in [0.717, 1.165) is 0 Å². The van der Waals surface area contributed by atoms with Gasteiger partial charge in [-0.05, 0) is 63.4 Å². The number of hydrogen-bond donors (Lipinski definition) is 0. The van der Waals surface area contributed by atoms with Gasteiger partial charge < -0.3 is 0 Å². The zero-order valence-electron chi connectivity index (χ0n) is 9.13. The van der Waals surface area contributed by atoms with Crippen molar-refractivity contribution in [3.8, 4) is 0 Å². The van der Waals surface area contributed by atoms with Crippen molar-refractivity contribution in [2.75, 3.05) is 0 Å². The molecule has 1 heteroatoms. The average molecular weight is 310 g/mol. The fourth-order valence-electron chi connectivity index (χ4n) is 1.78. The van der Waals surface area contributed by atoms with Crippen LogP contribution in [0.1, 0.15) is 31.7 Å². The predicted octanol–water partition coefficient (Wildman–Crippen LogP) is 4.96. The first-order valence-electron chi connectivity index (χ1n) is 5.40. The summed E-state index contributed by atoms with van der Waals surface area (Å²) < 4.78 is 1.30. The molecule has 0 spiro atoms. The van der Waals surface area contributed by atoms with E-state index in [4.69, 9.17) is 0 Å². The zero-order chi connectivity index (χ0) is 10.8. The number of benzene rings is 2. The van der Waals surface area contributed by atoms with E-state index in [1.165, 1.54) is 26.3 Å². The topological polar surface area (TPSA) is 0 Å². The van der Waals surface area contributed by atoms with E-state index >= 15 is 0 Å². The highest BCUT2D eigenvalue weighted by molar-refractivity contribution is 14.1. The van der Waals surface area contributed by atoms with E-state index < -0.39 is 0 Å². The first-order chi connectivity index (χ1) is 7.20. The van der Waals surface area contributed by atoms with Crippen molar-refractivity contribution in [3.63, 3.8) is 0 Å². The van der Waals surface area contributed by atoms with Crippen molar-refractivity contribution in [2.45, 2.75) is 26.2 Å². The van der Waals surface area contributed by atoms with Gasteiger partial charge in [0.2, 0.25) is 0 Å². The molecule has 0 N–H and O–H groups in total. The predicted molar refractivity (Wildman–Crippen MR) is 75.4 cm³/mol. The third kappa shape index (κ3) is 2.33. The molecule has 2 aromatic carbocycles. The minimum Gasteiger partial charge on any atom is -0.0648 e. The number of hydrogen-bond acceptors (Lipinski definition) is 0. The SMILES string of the molecule is CCC(C)c1ccc2cc(I)ccc2c1. The maximum atomic E-state index is 2.36. The second kappa shape index (κ2) is 4.52. The molecule has 0 aliphatic heterocycles. The van der Waals surface area contributed by atoms with Gasteiger partial charge >= 0.3 is 0 Å². The van der Waals surface area contributed by atoms with Crippen LogP contribution in [0.3, 0.4) is 0 Å². The van der Waals surface area contributed by atoms with Gasteiger partial charge in [-0.1, -0.05) is 38.1 Å². The van der Waals surface area contributed by atoms with Gasteiger partial charge in [0, 0.05) is 3.57 Å². The Kier molecular flexibility index (Phi) is 3.29. The van der Waals surface area contributed by atoms with E-state index in [1.807, 2.05) is 0 Å². The molecule has 0 saturated carbocycles. The quantitative estimate of drug-likeness (QED) is 0.688. The molecule has 78 valence electrons. The monoisotopic (exact) mass is 310 g/mol. The van der Waals surface area contributed by atoms with Gasteiger partial charge in [0.05, 0.1) is 0 Å². The second-order valence-electron chi connectivity index (χ2n) is 4.06. The normalized spacial score (nSPS) is 13.0. The zero-order valence-corrected chi connectivity index (χ0v) is 11.3. The summed E-state index contributed by atoms with van der Waals surface area (Å²) in [6.45, 7) is 4.52. The van der Waals surface area contributed by atoms with Crippen molar-refractivity contribution < 1.29 is 0 Å². The molecule has 2 aromatic rings. The molecule has 0 aliphatic carbocycles. The number of fused-ring (bicyclic) bond motifs is 1.